The molecule has 0 aromatic heterocycles. The second-order valence-electron chi connectivity index (χ2n) is 5.40. The molecule has 1 aromatic rings. The molecule has 19 heavy (non-hydrogen) atoms. The first-order valence-corrected chi connectivity index (χ1v) is 8.27. The van der Waals surface area contributed by atoms with Gasteiger partial charge in [0.1, 0.15) is 0 Å². The molecule has 0 bridgehead atoms. The van der Waals surface area contributed by atoms with Gasteiger partial charge in [-0.25, -0.2) is 0 Å². The van der Waals surface area contributed by atoms with E-state index in [4.69, 9.17) is 11.6 Å². The fourth-order valence-corrected chi connectivity index (χ4v) is 3.83. The number of nitrogens with one attached hydrogen (secondary N) is 1. The van der Waals surface area contributed by atoms with Gasteiger partial charge in [-0.05, 0) is 48.3 Å². The van der Waals surface area contributed by atoms with Gasteiger partial charge in [0.2, 0.25) is 0 Å². The number of thioether (sulfide) groups is 1. The second kappa shape index (κ2) is 6.98. The first-order chi connectivity index (χ1) is 9.11. The number of rotatable bonds is 5. The number of hydrogen-bond donors (Lipinski definition) is 2. The van der Waals surface area contributed by atoms with Crippen molar-refractivity contribution in [2.45, 2.75) is 43.7 Å². The summed E-state index contributed by atoms with van der Waals surface area (Å²) in [7, 11) is 0. The molecular formula is C15H22ClNOS. The lowest BCUT2D eigenvalue weighted by Crippen LogP contribution is -2.38. The third-order valence-electron chi connectivity index (χ3n) is 3.67. The standard InChI is InChI=1S/C15H22ClNOS/c1-10(2)13(5-7-18)17-14-6-8-19-15-4-3-11(16)9-12(14)15/h3-4,9-10,13-14,17-18H,5-8H2,1-2H3. The Morgan fingerprint density at radius 2 is 2.26 bits per heavy atom. The van der Waals surface area contributed by atoms with E-state index in [2.05, 4.69) is 31.3 Å². The molecule has 0 saturated carbocycles. The molecule has 106 valence electrons. The van der Waals surface area contributed by atoms with Crippen LogP contribution in [0.2, 0.25) is 5.02 Å². The quantitative estimate of drug-likeness (QED) is 0.865. The number of halogens is 1. The van der Waals surface area contributed by atoms with Crippen LogP contribution in [0.1, 0.15) is 38.3 Å². The molecule has 2 rings (SSSR count). The Bertz CT molecular complexity index is 425. The van der Waals surface area contributed by atoms with Crippen molar-refractivity contribution >= 4 is 23.4 Å². The van der Waals surface area contributed by atoms with Crippen molar-refractivity contribution < 1.29 is 5.11 Å². The third-order valence-corrected chi connectivity index (χ3v) is 5.03. The summed E-state index contributed by atoms with van der Waals surface area (Å²) in [4.78, 5) is 1.33. The van der Waals surface area contributed by atoms with E-state index in [1.807, 2.05) is 17.8 Å². The van der Waals surface area contributed by atoms with Gasteiger partial charge in [-0.1, -0.05) is 25.4 Å². The Morgan fingerprint density at radius 3 is 2.95 bits per heavy atom. The van der Waals surface area contributed by atoms with Crippen LogP contribution in [-0.2, 0) is 0 Å². The highest BCUT2D eigenvalue weighted by Crippen LogP contribution is 2.38. The summed E-state index contributed by atoms with van der Waals surface area (Å²) in [6, 6.07) is 6.87. The van der Waals surface area contributed by atoms with Crippen molar-refractivity contribution in [2.75, 3.05) is 12.4 Å². The Kier molecular flexibility index (Phi) is 5.58. The maximum Gasteiger partial charge on any atom is 0.0445 e. The summed E-state index contributed by atoms with van der Waals surface area (Å²) in [6.45, 7) is 4.63. The molecule has 2 atom stereocenters. The van der Waals surface area contributed by atoms with Gasteiger partial charge in [-0.15, -0.1) is 11.8 Å². The molecule has 0 radical (unpaired) electrons. The SMILES string of the molecule is CC(C)C(CCO)NC1CCSc2ccc(Cl)cc21. The van der Waals surface area contributed by atoms with Crippen LogP contribution in [0.4, 0.5) is 0 Å². The molecule has 2 nitrogen and oxygen atoms in total. The zero-order valence-corrected chi connectivity index (χ0v) is 13.1. The minimum Gasteiger partial charge on any atom is -0.396 e. The molecule has 1 aliphatic heterocycles. The molecule has 0 spiro atoms. The van der Waals surface area contributed by atoms with Gasteiger partial charge in [-0.2, -0.15) is 0 Å². The molecular weight excluding hydrogens is 278 g/mol. The number of aliphatic hydroxyl groups excluding tert-OH is 1. The van der Waals surface area contributed by atoms with E-state index in [1.165, 1.54) is 10.5 Å². The number of aliphatic hydroxyl groups is 1. The van der Waals surface area contributed by atoms with Crippen molar-refractivity contribution in [1.82, 2.24) is 5.32 Å². The number of benzene rings is 1. The van der Waals surface area contributed by atoms with Gasteiger partial charge >= 0.3 is 0 Å². The van der Waals surface area contributed by atoms with Gasteiger partial charge < -0.3 is 10.4 Å². The zero-order valence-electron chi connectivity index (χ0n) is 11.5. The van der Waals surface area contributed by atoms with Crippen LogP contribution in [0.5, 0.6) is 0 Å². The van der Waals surface area contributed by atoms with E-state index in [1.54, 1.807) is 0 Å². The maximum atomic E-state index is 9.19. The zero-order chi connectivity index (χ0) is 13.8. The minimum absolute atomic E-state index is 0.236. The van der Waals surface area contributed by atoms with E-state index >= 15 is 0 Å². The van der Waals surface area contributed by atoms with Crippen LogP contribution in [0, 0.1) is 5.92 Å². The van der Waals surface area contributed by atoms with E-state index in [9.17, 15) is 5.11 Å². The maximum absolute atomic E-state index is 9.19. The first-order valence-electron chi connectivity index (χ1n) is 6.91. The van der Waals surface area contributed by atoms with Gasteiger partial charge in [0, 0.05) is 28.6 Å². The van der Waals surface area contributed by atoms with Crippen LogP contribution in [0.3, 0.4) is 0 Å². The molecule has 0 saturated heterocycles. The molecule has 0 amide bonds. The second-order valence-corrected chi connectivity index (χ2v) is 6.97. The molecule has 0 aliphatic carbocycles. The highest BCUT2D eigenvalue weighted by Gasteiger charge is 2.24. The highest BCUT2D eigenvalue weighted by atomic mass is 35.5. The monoisotopic (exact) mass is 299 g/mol. The first kappa shape index (κ1) is 15.2. The summed E-state index contributed by atoms with van der Waals surface area (Å²) in [5.74, 6) is 1.65. The highest BCUT2D eigenvalue weighted by molar-refractivity contribution is 7.99. The number of hydrogen-bond acceptors (Lipinski definition) is 3. The summed E-state index contributed by atoms with van der Waals surface area (Å²) >= 11 is 8.03. The molecule has 4 heteroatoms. The topological polar surface area (TPSA) is 32.3 Å². The number of fused-ring (bicyclic) bond motifs is 1. The van der Waals surface area contributed by atoms with E-state index in [-0.39, 0.29) is 6.61 Å². The van der Waals surface area contributed by atoms with Crippen LogP contribution < -0.4 is 5.32 Å². The lowest BCUT2D eigenvalue weighted by molar-refractivity contribution is 0.233. The van der Waals surface area contributed by atoms with E-state index in [0.717, 1.165) is 23.6 Å². The van der Waals surface area contributed by atoms with Crippen molar-refractivity contribution in [3.05, 3.63) is 28.8 Å². The lowest BCUT2D eigenvalue weighted by atomic mass is 9.96. The molecule has 2 unspecified atom stereocenters. The normalized spacial score (nSPS) is 20.4. The van der Waals surface area contributed by atoms with Gasteiger partial charge in [0.25, 0.3) is 0 Å². The molecule has 0 fully saturated rings. The molecule has 1 aromatic carbocycles. The summed E-state index contributed by atoms with van der Waals surface area (Å²) in [6.07, 6.45) is 1.92. The Balaban J connectivity index is 2.16. The van der Waals surface area contributed by atoms with Crippen molar-refractivity contribution in [1.29, 1.82) is 0 Å². The van der Waals surface area contributed by atoms with Crippen molar-refractivity contribution in [2.24, 2.45) is 5.92 Å². The van der Waals surface area contributed by atoms with Crippen LogP contribution >= 0.6 is 23.4 Å². The van der Waals surface area contributed by atoms with Gasteiger partial charge in [0.15, 0.2) is 0 Å². The smallest absolute Gasteiger partial charge is 0.0445 e. The predicted molar refractivity (Wildman–Crippen MR) is 83.0 cm³/mol. The molecule has 1 heterocycles. The Hall–Kier alpha value is -0.220. The van der Waals surface area contributed by atoms with Gasteiger partial charge in [-0.3, -0.25) is 0 Å². The Morgan fingerprint density at radius 1 is 1.47 bits per heavy atom. The lowest BCUT2D eigenvalue weighted by Gasteiger charge is -2.32. The summed E-state index contributed by atoms with van der Waals surface area (Å²) < 4.78 is 0. The van der Waals surface area contributed by atoms with Crippen LogP contribution in [-0.4, -0.2) is 23.5 Å². The largest absolute Gasteiger partial charge is 0.396 e. The average molecular weight is 300 g/mol. The average Bonchev–Trinajstić information content (AvgIpc) is 2.38. The summed E-state index contributed by atoms with van der Waals surface area (Å²) in [5, 5.41) is 13.7. The molecule has 1 aliphatic rings. The van der Waals surface area contributed by atoms with Crippen LogP contribution in [0.15, 0.2) is 23.1 Å². The van der Waals surface area contributed by atoms with Crippen molar-refractivity contribution in [3.8, 4) is 0 Å². The minimum atomic E-state index is 0.236. The fourth-order valence-electron chi connectivity index (χ4n) is 2.55. The predicted octanol–water partition coefficient (Wildman–Crippen LogP) is 3.87. The molecule has 2 N–H and O–H groups in total. The third kappa shape index (κ3) is 3.88. The van der Waals surface area contributed by atoms with Gasteiger partial charge in [0.05, 0.1) is 0 Å². The van der Waals surface area contributed by atoms with Crippen LogP contribution in [0.25, 0.3) is 0 Å². The fraction of sp³-hybridized carbons (Fsp3) is 0.600. The van der Waals surface area contributed by atoms with Crippen molar-refractivity contribution in [3.63, 3.8) is 0 Å². The van der Waals surface area contributed by atoms with E-state index in [0.29, 0.717) is 18.0 Å². The Labute approximate surface area is 124 Å². The summed E-state index contributed by atoms with van der Waals surface area (Å²) in [5.41, 5.74) is 1.31. The van der Waals surface area contributed by atoms with E-state index < -0.39 is 0 Å².